The second-order valence-electron chi connectivity index (χ2n) is 7.69. The number of halogens is 4. The molecule has 13 heteroatoms. The maximum atomic E-state index is 15.1. The van der Waals surface area contributed by atoms with Crippen LogP contribution in [0.15, 0.2) is 23.1 Å². The molecule has 0 spiro atoms. The normalized spacial score (nSPS) is 14.6. The highest BCUT2D eigenvalue weighted by atomic mass is 19.4. The van der Waals surface area contributed by atoms with Crippen LogP contribution in [-0.4, -0.2) is 42.7 Å². The third-order valence-corrected chi connectivity index (χ3v) is 5.32. The highest BCUT2D eigenvalue weighted by molar-refractivity contribution is 6.06. The molecule has 1 aliphatic rings. The summed E-state index contributed by atoms with van der Waals surface area (Å²) in [6.07, 6.45) is -3.48. The smallest absolute Gasteiger partial charge is 0.425 e. The first-order valence-corrected chi connectivity index (χ1v) is 10.1. The second kappa shape index (κ2) is 8.37. The lowest BCUT2D eigenvalue weighted by Crippen LogP contribution is -2.32. The first kappa shape index (κ1) is 22.6. The number of nitrogens with one attached hydrogen (secondary N) is 2. The van der Waals surface area contributed by atoms with Gasteiger partial charge in [-0.1, -0.05) is 0 Å². The zero-order chi connectivity index (χ0) is 23.9. The summed E-state index contributed by atoms with van der Waals surface area (Å²) in [6, 6.07) is 1.60. The Kier molecular flexibility index (Phi) is 5.72. The van der Waals surface area contributed by atoms with Crippen molar-refractivity contribution in [2.24, 2.45) is 0 Å². The lowest BCUT2D eigenvalue weighted by atomic mass is 10.1. The van der Waals surface area contributed by atoms with Crippen molar-refractivity contribution in [2.75, 3.05) is 5.32 Å². The van der Waals surface area contributed by atoms with E-state index in [-0.39, 0.29) is 5.82 Å². The van der Waals surface area contributed by atoms with Gasteiger partial charge in [-0.3, -0.25) is 14.5 Å². The summed E-state index contributed by atoms with van der Waals surface area (Å²) in [6.45, 7) is 2.80. The van der Waals surface area contributed by atoms with Crippen LogP contribution < -0.4 is 15.7 Å². The summed E-state index contributed by atoms with van der Waals surface area (Å²) in [5.41, 5.74) is -0.977. The van der Waals surface area contributed by atoms with E-state index in [1.54, 1.807) is 6.92 Å². The molecule has 1 aromatic carbocycles. The van der Waals surface area contributed by atoms with Crippen LogP contribution in [0, 0.1) is 12.7 Å². The van der Waals surface area contributed by atoms with Crippen molar-refractivity contribution in [3.63, 3.8) is 0 Å². The van der Waals surface area contributed by atoms with E-state index in [0.29, 0.717) is 24.4 Å². The van der Waals surface area contributed by atoms with E-state index < -0.39 is 46.7 Å². The van der Waals surface area contributed by atoms with E-state index in [0.717, 1.165) is 36.6 Å². The van der Waals surface area contributed by atoms with Gasteiger partial charge in [0.1, 0.15) is 23.1 Å². The molecule has 0 aliphatic carbocycles. The van der Waals surface area contributed by atoms with Crippen molar-refractivity contribution in [2.45, 2.75) is 51.9 Å². The highest BCUT2D eigenvalue weighted by Crippen LogP contribution is 2.31. The molecule has 0 fully saturated rings. The molecular formula is C20H20F4N6O3. The standard InChI is InChI=1S/C20H20F4N6O3/c1-10-9-25-27-17(10)26-18(31)12-7-13(21)14(8-15(12)33-11(2)20(22,23)24)30-19(32)29-6-4-3-5-16(29)28-30/h7-9,11H,3-6H2,1-2H3,(H2,25,26,27,31)/t11-/m0/s1. The molecule has 1 aliphatic heterocycles. The molecule has 0 bridgehead atoms. The number of ether oxygens (including phenoxy) is 1. The number of carbonyl (C=O) groups excluding carboxylic acids is 1. The van der Waals surface area contributed by atoms with E-state index in [2.05, 4.69) is 20.6 Å². The molecule has 176 valence electrons. The Hall–Kier alpha value is -3.64. The first-order valence-electron chi connectivity index (χ1n) is 10.1. The van der Waals surface area contributed by atoms with Crippen molar-refractivity contribution < 1.29 is 27.1 Å². The fourth-order valence-corrected chi connectivity index (χ4v) is 3.45. The average Bonchev–Trinajstić information content (AvgIpc) is 3.31. The predicted octanol–water partition coefficient (Wildman–Crippen LogP) is 3.12. The Morgan fingerprint density at radius 1 is 1.30 bits per heavy atom. The molecule has 3 aromatic rings. The monoisotopic (exact) mass is 468 g/mol. The number of aromatic nitrogens is 5. The number of amides is 1. The fourth-order valence-electron chi connectivity index (χ4n) is 3.45. The number of alkyl halides is 3. The number of hydrogen-bond donors (Lipinski definition) is 2. The third kappa shape index (κ3) is 4.34. The van der Waals surface area contributed by atoms with Gasteiger partial charge in [-0.25, -0.2) is 9.18 Å². The van der Waals surface area contributed by atoms with Gasteiger partial charge in [-0.05, 0) is 32.8 Å². The minimum absolute atomic E-state index is 0.123. The van der Waals surface area contributed by atoms with E-state index in [9.17, 15) is 22.8 Å². The van der Waals surface area contributed by atoms with Gasteiger partial charge >= 0.3 is 11.9 Å². The SMILES string of the molecule is Cc1c[nH]nc1NC(=O)c1cc(F)c(-n2nc3n(c2=O)CCCC3)cc1O[C@@H](C)C(F)(F)F. The van der Waals surface area contributed by atoms with Crippen LogP contribution in [0.25, 0.3) is 5.69 Å². The molecule has 3 heterocycles. The molecule has 2 N–H and O–H groups in total. The topological polar surface area (TPSA) is 107 Å². The Balaban J connectivity index is 1.79. The molecule has 1 amide bonds. The second-order valence-corrected chi connectivity index (χ2v) is 7.69. The predicted molar refractivity (Wildman–Crippen MR) is 108 cm³/mol. The Bertz CT molecular complexity index is 1260. The molecule has 2 aromatic heterocycles. The van der Waals surface area contributed by atoms with Crippen molar-refractivity contribution in [1.29, 1.82) is 0 Å². The summed E-state index contributed by atoms with van der Waals surface area (Å²) < 4.78 is 61.7. The highest BCUT2D eigenvalue weighted by Gasteiger charge is 2.39. The molecule has 9 nitrogen and oxygen atoms in total. The van der Waals surface area contributed by atoms with Crippen LogP contribution in [0.5, 0.6) is 5.75 Å². The molecule has 0 saturated heterocycles. The van der Waals surface area contributed by atoms with E-state index in [4.69, 9.17) is 4.74 Å². The lowest BCUT2D eigenvalue weighted by Gasteiger charge is -2.20. The molecule has 0 radical (unpaired) electrons. The summed E-state index contributed by atoms with van der Waals surface area (Å²) in [4.78, 5) is 25.5. The van der Waals surface area contributed by atoms with Crippen LogP contribution in [0.2, 0.25) is 0 Å². The quantitative estimate of drug-likeness (QED) is 0.560. The number of aryl methyl sites for hydroxylation is 2. The van der Waals surface area contributed by atoms with Gasteiger partial charge in [-0.2, -0.15) is 23.0 Å². The molecule has 33 heavy (non-hydrogen) atoms. The molecular weight excluding hydrogens is 448 g/mol. The molecule has 0 saturated carbocycles. The lowest BCUT2D eigenvalue weighted by molar-refractivity contribution is -0.189. The van der Waals surface area contributed by atoms with Crippen molar-refractivity contribution in [3.8, 4) is 11.4 Å². The van der Waals surface area contributed by atoms with Gasteiger partial charge in [0.2, 0.25) is 0 Å². The largest absolute Gasteiger partial charge is 0.480 e. The van der Waals surface area contributed by atoms with Crippen molar-refractivity contribution >= 4 is 11.7 Å². The van der Waals surface area contributed by atoms with Crippen LogP contribution in [0.1, 0.15) is 41.5 Å². The van der Waals surface area contributed by atoms with Crippen LogP contribution in [-0.2, 0) is 13.0 Å². The van der Waals surface area contributed by atoms with E-state index in [1.165, 1.54) is 10.8 Å². The van der Waals surface area contributed by atoms with Gasteiger partial charge in [0.15, 0.2) is 11.9 Å². The maximum absolute atomic E-state index is 15.1. The Morgan fingerprint density at radius 3 is 2.70 bits per heavy atom. The van der Waals surface area contributed by atoms with Crippen molar-refractivity contribution in [1.82, 2.24) is 24.5 Å². The summed E-state index contributed by atoms with van der Waals surface area (Å²) in [7, 11) is 0. The molecule has 4 rings (SSSR count). The minimum atomic E-state index is -4.74. The van der Waals surface area contributed by atoms with Crippen LogP contribution in [0.3, 0.4) is 0 Å². The number of aromatic amines is 1. The maximum Gasteiger partial charge on any atom is 0.425 e. The van der Waals surface area contributed by atoms with Gasteiger partial charge in [-0.15, -0.1) is 5.10 Å². The number of benzene rings is 1. The number of hydrogen-bond acceptors (Lipinski definition) is 5. The Labute approximate surface area is 184 Å². The summed E-state index contributed by atoms with van der Waals surface area (Å²) >= 11 is 0. The van der Waals surface area contributed by atoms with Gasteiger partial charge in [0, 0.05) is 30.8 Å². The summed E-state index contributed by atoms with van der Waals surface area (Å²) in [5.74, 6) is -1.94. The fraction of sp³-hybridized carbons (Fsp3) is 0.400. The zero-order valence-electron chi connectivity index (χ0n) is 17.7. The van der Waals surface area contributed by atoms with E-state index in [1.807, 2.05) is 0 Å². The van der Waals surface area contributed by atoms with Gasteiger partial charge in [0.05, 0.1) is 5.56 Å². The zero-order valence-corrected chi connectivity index (χ0v) is 17.7. The number of rotatable bonds is 5. The third-order valence-electron chi connectivity index (χ3n) is 5.32. The number of carbonyl (C=O) groups is 1. The molecule has 0 unspecified atom stereocenters. The minimum Gasteiger partial charge on any atom is -0.480 e. The number of H-pyrrole nitrogens is 1. The first-order chi connectivity index (χ1) is 15.6. The van der Waals surface area contributed by atoms with Gasteiger partial charge in [0.25, 0.3) is 5.91 Å². The van der Waals surface area contributed by atoms with Crippen LogP contribution in [0.4, 0.5) is 23.4 Å². The number of nitrogens with zero attached hydrogens (tertiary/aromatic N) is 4. The van der Waals surface area contributed by atoms with Crippen LogP contribution >= 0.6 is 0 Å². The summed E-state index contributed by atoms with van der Waals surface area (Å²) in [5, 5.41) is 12.9. The van der Waals surface area contributed by atoms with Gasteiger partial charge < -0.3 is 10.1 Å². The van der Waals surface area contributed by atoms with Crippen molar-refractivity contribution in [3.05, 3.63) is 51.6 Å². The molecule has 1 atom stereocenters. The number of anilines is 1. The number of fused-ring (bicyclic) bond motifs is 1. The van der Waals surface area contributed by atoms with E-state index >= 15 is 4.39 Å². The Morgan fingerprint density at radius 2 is 2.06 bits per heavy atom. The average molecular weight is 468 g/mol.